The molecule has 0 bridgehead atoms. The van der Waals surface area contributed by atoms with E-state index in [1.165, 1.54) is 0 Å². The molecule has 0 radical (unpaired) electrons. The van der Waals surface area contributed by atoms with Crippen molar-refractivity contribution >= 4 is 11.8 Å². The van der Waals surface area contributed by atoms with Gasteiger partial charge < -0.3 is 19.8 Å². The van der Waals surface area contributed by atoms with Crippen molar-refractivity contribution in [3.63, 3.8) is 0 Å². The molecule has 0 aliphatic carbocycles. The first-order chi connectivity index (χ1) is 10.1. The maximum absolute atomic E-state index is 6.29. The Balaban J connectivity index is 2.12. The van der Waals surface area contributed by atoms with E-state index in [2.05, 4.69) is 10.2 Å². The summed E-state index contributed by atoms with van der Waals surface area (Å²) in [4.78, 5) is 0. The fraction of sp³-hybridized carbons (Fsp3) is 0.429. The second-order valence-corrected chi connectivity index (χ2v) is 5.60. The predicted octanol–water partition coefficient (Wildman–Crippen LogP) is 1.93. The molecule has 21 heavy (non-hydrogen) atoms. The molecule has 0 saturated carbocycles. The molecule has 0 aliphatic heterocycles. The van der Waals surface area contributed by atoms with Crippen molar-refractivity contribution in [2.24, 2.45) is 12.8 Å². The smallest absolute Gasteiger partial charge is 0.191 e. The van der Waals surface area contributed by atoms with E-state index in [1.807, 2.05) is 36.7 Å². The van der Waals surface area contributed by atoms with Crippen LogP contribution in [-0.2, 0) is 7.05 Å². The van der Waals surface area contributed by atoms with E-state index in [-0.39, 0.29) is 6.04 Å². The zero-order chi connectivity index (χ0) is 15.4. The Bertz CT molecular complexity index is 615. The summed E-state index contributed by atoms with van der Waals surface area (Å²) in [6.07, 6.45) is 0. The monoisotopic (exact) mass is 308 g/mol. The Morgan fingerprint density at radius 1 is 1.29 bits per heavy atom. The second-order valence-electron chi connectivity index (χ2n) is 4.61. The van der Waals surface area contributed by atoms with Gasteiger partial charge in [-0.3, -0.25) is 0 Å². The Labute approximate surface area is 128 Å². The predicted molar refractivity (Wildman–Crippen MR) is 82.9 cm³/mol. The Morgan fingerprint density at radius 2 is 2.05 bits per heavy atom. The minimum atomic E-state index is -0.183. The average molecular weight is 308 g/mol. The average Bonchev–Trinajstić information content (AvgIpc) is 2.83. The summed E-state index contributed by atoms with van der Waals surface area (Å²) in [5.74, 6) is 3.08. The first-order valence-electron chi connectivity index (χ1n) is 6.53. The minimum absolute atomic E-state index is 0.183. The highest BCUT2D eigenvalue weighted by atomic mass is 32.2. The largest absolute Gasteiger partial charge is 0.497 e. The van der Waals surface area contributed by atoms with Crippen LogP contribution >= 0.6 is 11.8 Å². The van der Waals surface area contributed by atoms with Crippen molar-refractivity contribution in [3.05, 3.63) is 29.6 Å². The topological polar surface area (TPSA) is 75.2 Å². The van der Waals surface area contributed by atoms with Gasteiger partial charge in [0.15, 0.2) is 5.16 Å². The molecule has 1 aromatic carbocycles. The molecule has 0 amide bonds. The number of nitrogens with two attached hydrogens (primary N) is 1. The summed E-state index contributed by atoms with van der Waals surface area (Å²) in [6.45, 7) is 1.92. The molecule has 2 N–H and O–H groups in total. The zero-order valence-electron chi connectivity index (χ0n) is 12.7. The molecule has 2 aromatic rings. The summed E-state index contributed by atoms with van der Waals surface area (Å²) >= 11 is 1.57. The molecule has 1 aromatic heterocycles. The van der Waals surface area contributed by atoms with Crippen LogP contribution in [0.25, 0.3) is 0 Å². The highest BCUT2D eigenvalue weighted by Gasteiger charge is 2.15. The fourth-order valence-electron chi connectivity index (χ4n) is 1.90. The van der Waals surface area contributed by atoms with Gasteiger partial charge in [0.05, 0.1) is 14.2 Å². The molecule has 6 nitrogen and oxygen atoms in total. The lowest BCUT2D eigenvalue weighted by Crippen LogP contribution is -2.14. The van der Waals surface area contributed by atoms with Crippen LogP contribution in [-0.4, -0.2) is 34.7 Å². The van der Waals surface area contributed by atoms with Gasteiger partial charge in [-0.2, -0.15) is 0 Å². The van der Waals surface area contributed by atoms with Crippen LogP contribution in [0.1, 0.15) is 17.4 Å². The van der Waals surface area contributed by atoms with Crippen molar-refractivity contribution in [1.29, 1.82) is 0 Å². The normalized spacial score (nSPS) is 12.2. The summed E-state index contributed by atoms with van der Waals surface area (Å²) in [6, 6.07) is 5.45. The summed E-state index contributed by atoms with van der Waals surface area (Å²) in [7, 11) is 5.21. The quantitative estimate of drug-likeness (QED) is 0.822. The van der Waals surface area contributed by atoms with Crippen LogP contribution < -0.4 is 15.2 Å². The SMILES string of the molecule is COc1ccc(OC)c(C(N)CSc2nnc(C)n2C)c1. The lowest BCUT2D eigenvalue weighted by Gasteiger charge is -2.16. The van der Waals surface area contributed by atoms with Crippen LogP contribution in [0, 0.1) is 6.92 Å². The molecular formula is C14H20N4O2S. The van der Waals surface area contributed by atoms with E-state index in [1.54, 1.807) is 26.0 Å². The van der Waals surface area contributed by atoms with E-state index in [4.69, 9.17) is 15.2 Å². The molecule has 114 valence electrons. The molecule has 0 aliphatic rings. The van der Waals surface area contributed by atoms with Gasteiger partial charge in [0.1, 0.15) is 17.3 Å². The highest BCUT2D eigenvalue weighted by molar-refractivity contribution is 7.99. The number of hydrogen-bond acceptors (Lipinski definition) is 6. The second kappa shape index (κ2) is 6.82. The van der Waals surface area contributed by atoms with Crippen LogP contribution in [0.15, 0.2) is 23.4 Å². The third kappa shape index (κ3) is 3.48. The molecule has 2 rings (SSSR count). The molecule has 1 atom stereocenters. The standard InChI is InChI=1S/C14H20N4O2S/c1-9-16-17-14(18(9)2)21-8-12(15)11-7-10(19-3)5-6-13(11)20-4/h5-7,12H,8,15H2,1-4H3. The number of benzene rings is 1. The molecule has 0 saturated heterocycles. The van der Waals surface area contributed by atoms with Crippen LogP contribution in [0.4, 0.5) is 0 Å². The Morgan fingerprint density at radius 3 is 2.62 bits per heavy atom. The maximum atomic E-state index is 6.29. The first kappa shape index (κ1) is 15.7. The number of aryl methyl sites for hydroxylation is 1. The van der Waals surface area contributed by atoms with Gasteiger partial charge in [-0.25, -0.2) is 0 Å². The number of rotatable bonds is 6. The number of methoxy groups -OCH3 is 2. The molecule has 1 unspecified atom stereocenters. The van der Waals surface area contributed by atoms with Gasteiger partial charge in [-0.05, 0) is 25.1 Å². The molecule has 0 fully saturated rings. The van der Waals surface area contributed by atoms with E-state index in [0.29, 0.717) is 5.75 Å². The van der Waals surface area contributed by atoms with Gasteiger partial charge in [0, 0.05) is 24.4 Å². The van der Waals surface area contributed by atoms with Crippen LogP contribution in [0.5, 0.6) is 11.5 Å². The summed E-state index contributed by atoms with van der Waals surface area (Å²) < 4.78 is 12.6. The number of hydrogen-bond donors (Lipinski definition) is 1. The molecule has 1 heterocycles. The third-order valence-electron chi connectivity index (χ3n) is 3.28. The zero-order valence-corrected chi connectivity index (χ0v) is 13.5. The first-order valence-corrected chi connectivity index (χ1v) is 7.51. The lowest BCUT2D eigenvalue weighted by molar-refractivity contribution is 0.396. The van der Waals surface area contributed by atoms with Crippen LogP contribution in [0.3, 0.4) is 0 Å². The van der Waals surface area contributed by atoms with Crippen molar-refractivity contribution in [3.8, 4) is 11.5 Å². The number of aromatic nitrogens is 3. The lowest BCUT2D eigenvalue weighted by atomic mass is 10.1. The molecule has 7 heteroatoms. The Kier molecular flexibility index (Phi) is 5.08. The minimum Gasteiger partial charge on any atom is -0.497 e. The van der Waals surface area contributed by atoms with Crippen molar-refractivity contribution < 1.29 is 9.47 Å². The Hall–Kier alpha value is -1.73. The molecule has 0 spiro atoms. The van der Waals surface area contributed by atoms with Gasteiger partial charge in [-0.15, -0.1) is 10.2 Å². The molecular weight excluding hydrogens is 288 g/mol. The van der Waals surface area contributed by atoms with Crippen molar-refractivity contribution in [2.45, 2.75) is 18.1 Å². The van der Waals surface area contributed by atoms with E-state index in [0.717, 1.165) is 28.0 Å². The van der Waals surface area contributed by atoms with Gasteiger partial charge in [0.2, 0.25) is 0 Å². The van der Waals surface area contributed by atoms with E-state index < -0.39 is 0 Å². The van der Waals surface area contributed by atoms with Crippen LogP contribution in [0.2, 0.25) is 0 Å². The summed E-state index contributed by atoms with van der Waals surface area (Å²) in [5.41, 5.74) is 7.21. The van der Waals surface area contributed by atoms with Crippen molar-refractivity contribution in [2.75, 3.05) is 20.0 Å². The number of ether oxygens (including phenoxy) is 2. The van der Waals surface area contributed by atoms with E-state index >= 15 is 0 Å². The number of thioether (sulfide) groups is 1. The highest BCUT2D eigenvalue weighted by Crippen LogP contribution is 2.31. The van der Waals surface area contributed by atoms with Gasteiger partial charge >= 0.3 is 0 Å². The van der Waals surface area contributed by atoms with Gasteiger partial charge in [-0.1, -0.05) is 11.8 Å². The fourth-order valence-corrected chi connectivity index (χ4v) is 2.83. The van der Waals surface area contributed by atoms with Crippen molar-refractivity contribution in [1.82, 2.24) is 14.8 Å². The van der Waals surface area contributed by atoms with Gasteiger partial charge in [0.25, 0.3) is 0 Å². The summed E-state index contributed by atoms with van der Waals surface area (Å²) in [5, 5.41) is 9.01. The number of nitrogens with zero attached hydrogens (tertiary/aromatic N) is 3. The van der Waals surface area contributed by atoms with E-state index in [9.17, 15) is 0 Å². The maximum Gasteiger partial charge on any atom is 0.191 e. The third-order valence-corrected chi connectivity index (χ3v) is 4.42.